The van der Waals surface area contributed by atoms with Gasteiger partial charge in [-0.3, -0.25) is 19.9 Å². The summed E-state index contributed by atoms with van der Waals surface area (Å²) in [5.41, 5.74) is 7.80. The highest BCUT2D eigenvalue weighted by molar-refractivity contribution is 7.93. The van der Waals surface area contributed by atoms with Crippen LogP contribution in [-0.2, 0) is 26.5 Å². The fourth-order valence-corrected chi connectivity index (χ4v) is 6.40. The van der Waals surface area contributed by atoms with E-state index in [-0.39, 0.29) is 12.1 Å². The van der Waals surface area contributed by atoms with Crippen LogP contribution >= 0.6 is 0 Å². The number of rotatable bonds is 4. The van der Waals surface area contributed by atoms with Crippen molar-refractivity contribution in [1.29, 1.82) is 0 Å². The van der Waals surface area contributed by atoms with E-state index >= 15 is 0 Å². The lowest BCUT2D eigenvalue weighted by Gasteiger charge is -2.29. The Morgan fingerprint density at radius 1 is 1.12 bits per heavy atom. The van der Waals surface area contributed by atoms with E-state index in [0.717, 1.165) is 12.0 Å². The minimum atomic E-state index is -3.59. The minimum Gasteiger partial charge on any atom is -0.283 e. The topological polar surface area (TPSA) is 108 Å². The average molecular weight is 389 g/mol. The minimum absolute atomic E-state index is 0.217. The highest BCUT2D eigenvalue weighted by Gasteiger charge is 2.40. The molecule has 3 N–H and O–H groups in total. The van der Waals surface area contributed by atoms with E-state index in [1.165, 1.54) is 10.6 Å². The highest BCUT2D eigenvalue weighted by Crippen LogP contribution is 2.32. The monoisotopic (exact) mass is 388 g/mol. The molecule has 140 valence electrons. The summed E-state index contributed by atoms with van der Waals surface area (Å²) >= 11 is 0. The van der Waals surface area contributed by atoms with Gasteiger partial charge in [-0.1, -0.05) is 0 Å². The van der Waals surface area contributed by atoms with Gasteiger partial charge in [-0.2, -0.15) is 0 Å². The number of hydrazine groups is 1. The van der Waals surface area contributed by atoms with E-state index in [1.807, 2.05) is 13.8 Å². The molecule has 0 radical (unpaired) electrons. The molecule has 2 unspecified atom stereocenters. The molecule has 2 aliphatic rings. The molecule has 25 heavy (non-hydrogen) atoms. The van der Waals surface area contributed by atoms with E-state index in [4.69, 9.17) is 0 Å². The van der Waals surface area contributed by atoms with Gasteiger partial charge in [0, 0.05) is 24.3 Å². The molecule has 1 fully saturated rings. The average Bonchev–Trinajstić information content (AvgIpc) is 2.84. The van der Waals surface area contributed by atoms with Gasteiger partial charge < -0.3 is 0 Å². The van der Waals surface area contributed by atoms with Crippen LogP contribution in [0.3, 0.4) is 0 Å². The van der Waals surface area contributed by atoms with E-state index in [2.05, 4.69) is 15.6 Å². The van der Waals surface area contributed by atoms with Crippen molar-refractivity contribution in [3.63, 3.8) is 0 Å². The Morgan fingerprint density at radius 3 is 2.36 bits per heavy atom. The highest BCUT2D eigenvalue weighted by atomic mass is 32.2. The molecule has 0 spiro atoms. The SMILES string of the molecule is CC1NNC(C)C1S(=O)(=O)Nc1ccc2c(c1)CCCN2S(C)(=O)=O. The van der Waals surface area contributed by atoms with Gasteiger partial charge in [0.25, 0.3) is 0 Å². The number of nitrogens with zero attached hydrogens (tertiary/aromatic N) is 1. The van der Waals surface area contributed by atoms with E-state index in [1.54, 1.807) is 18.2 Å². The first-order valence-corrected chi connectivity index (χ1v) is 11.6. The summed E-state index contributed by atoms with van der Waals surface area (Å²) in [5, 5.41) is -0.601. The van der Waals surface area contributed by atoms with Crippen LogP contribution in [0.5, 0.6) is 0 Å². The van der Waals surface area contributed by atoms with Gasteiger partial charge in [0.05, 0.1) is 11.9 Å². The van der Waals surface area contributed by atoms with Crippen LogP contribution in [0.25, 0.3) is 0 Å². The zero-order chi connectivity index (χ0) is 18.4. The molecular weight excluding hydrogens is 364 g/mol. The van der Waals surface area contributed by atoms with Gasteiger partial charge >= 0.3 is 0 Å². The Kier molecular flexibility index (Phi) is 4.73. The fraction of sp³-hybridized carbons (Fsp3) is 0.600. The summed E-state index contributed by atoms with van der Waals surface area (Å²) in [7, 11) is -6.92. The lowest BCUT2D eigenvalue weighted by atomic mass is 10.0. The van der Waals surface area contributed by atoms with E-state index in [0.29, 0.717) is 24.3 Å². The number of fused-ring (bicyclic) bond motifs is 1. The molecule has 1 saturated heterocycles. The van der Waals surface area contributed by atoms with Crippen LogP contribution in [0, 0.1) is 0 Å². The van der Waals surface area contributed by atoms with Crippen LogP contribution in [-0.4, -0.2) is 47.0 Å². The van der Waals surface area contributed by atoms with Gasteiger partial charge in [0.15, 0.2) is 0 Å². The van der Waals surface area contributed by atoms with Crippen molar-refractivity contribution >= 4 is 31.4 Å². The number of anilines is 2. The van der Waals surface area contributed by atoms with Crippen LogP contribution < -0.4 is 19.9 Å². The molecule has 0 bridgehead atoms. The Morgan fingerprint density at radius 2 is 1.76 bits per heavy atom. The second-order valence-corrected chi connectivity index (χ2v) is 10.5. The number of hydrogen-bond acceptors (Lipinski definition) is 6. The van der Waals surface area contributed by atoms with Crippen molar-refractivity contribution < 1.29 is 16.8 Å². The van der Waals surface area contributed by atoms with Crippen molar-refractivity contribution in [2.45, 2.75) is 44.0 Å². The third-order valence-corrected chi connectivity index (χ3v) is 7.93. The third-order valence-electron chi connectivity index (χ3n) is 4.70. The maximum atomic E-state index is 12.7. The Bertz CT molecular complexity index is 860. The quantitative estimate of drug-likeness (QED) is 0.689. The number of nitrogens with one attached hydrogen (secondary N) is 3. The van der Waals surface area contributed by atoms with E-state index in [9.17, 15) is 16.8 Å². The molecule has 0 saturated carbocycles. The van der Waals surface area contributed by atoms with Gasteiger partial charge in [0.1, 0.15) is 5.25 Å². The molecule has 3 rings (SSSR count). The van der Waals surface area contributed by atoms with Gasteiger partial charge in [-0.15, -0.1) is 0 Å². The largest absolute Gasteiger partial charge is 0.283 e. The summed E-state index contributed by atoms with van der Waals surface area (Å²) in [6, 6.07) is 4.59. The maximum absolute atomic E-state index is 12.7. The maximum Gasteiger partial charge on any atom is 0.238 e. The molecule has 0 amide bonds. The predicted octanol–water partition coefficient (Wildman–Crippen LogP) is 0.394. The van der Waals surface area contributed by atoms with Crippen molar-refractivity contribution in [2.75, 3.05) is 21.8 Å². The first-order valence-electron chi connectivity index (χ1n) is 8.23. The molecule has 2 heterocycles. The number of sulfonamides is 2. The molecule has 2 aliphatic heterocycles. The second kappa shape index (κ2) is 6.42. The lowest BCUT2D eigenvalue weighted by molar-refractivity contribution is 0.564. The molecule has 0 aliphatic carbocycles. The number of aryl methyl sites for hydroxylation is 1. The zero-order valence-corrected chi connectivity index (χ0v) is 16.1. The molecule has 10 heteroatoms. The summed E-state index contributed by atoms with van der Waals surface area (Å²) in [5.74, 6) is 0. The molecule has 1 aromatic rings. The van der Waals surface area contributed by atoms with Gasteiger partial charge in [-0.05, 0) is 50.5 Å². The van der Waals surface area contributed by atoms with Crippen molar-refractivity contribution in [3.05, 3.63) is 23.8 Å². The number of hydrogen-bond donors (Lipinski definition) is 3. The lowest BCUT2D eigenvalue weighted by Crippen LogP contribution is -2.41. The van der Waals surface area contributed by atoms with Crippen molar-refractivity contribution in [1.82, 2.24) is 10.9 Å². The second-order valence-electron chi connectivity index (χ2n) is 6.76. The summed E-state index contributed by atoms with van der Waals surface area (Å²) in [4.78, 5) is 0. The number of benzene rings is 1. The molecule has 0 aromatic heterocycles. The summed E-state index contributed by atoms with van der Waals surface area (Å²) in [6.07, 6.45) is 2.61. The van der Waals surface area contributed by atoms with Gasteiger partial charge in [0.2, 0.25) is 20.0 Å². The third kappa shape index (κ3) is 3.62. The standard InChI is InChI=1S/C15H24N4O4S2/c1-10-15(11(2)17-16-10)25(22,23)18-13-6-7-14-12(9-13)5-4-8-19(14)24(3,20)21/h6-7,9-11,15-18H,4-5,8H2,1-3H3. The normalized spacial score (nSPS) is 27.2. The van der Waals surface area contributed by atoms with Crippen molar-refractivity contribution in [3.8, 4) is 0 Å². The fourth-order valence-electron chi connectivity index (χ4n) is 3.60. The van der Waals surface area contributed by atoms with Crippen LogP contribution in [0.2, 0.25) is 0 Å². The smallest absolute Gasteiger partial charge is 0.238 e. The van der Waals surface area contributed by atoms with Crippen LogP contribution in [0.15, 0.2) is 18.2 Å². The predicted molar refractivity (Wildman–Crippen MR) is 98.5 cm³/mol. The molecule has 2 atom stereocenters. The zero-order valence-electron chi connectivity index (χ0n) is 14.5. The van der Waals surface area contributed by atoms with Crippen LogP contribution in [0.4, 0.5) is 11.4 Å². The summed E-state index contributed by atoms with van der Waals surface area (Å²) < 4.78 is 53.3. The first kappa shape index (κ1) is 18.4. The molecular formula is C15H24N4O4S2. The van der Waals surface area contributed by atoms with Gasteiger partial charge in [-0.25, -0.2) is 16.8 Å². The molecule has 8 nitrogen and oxygen atoms in total. The molecule has 1 aromatic carbocycles. The Hall–Kier alpha value is -1.36. The summed E-state index contributed by atoms with van der Waals surface area (Å²) in [6.45, 7) is 4.08. The van der Waals surface area contributed by atoms with Crippen LogP contribution in [0.1, 0.15) is 25.8 Å². The van der Waals surface area contributed by atoms with E-state index < -0.39 is 25.3 Å². The Balaban J connectivity index is 1.88. The van der Waals surface area contributed by atoms with Crippen molar-refractivity contribution in [2.24, 2.45) is 0 Å². The Labute approximate surface area is 149 Å². The first-order chi connectivity index (χ1) is 11.6.